The van der Waals surface area contributed by atoms with E-state index in [1.165, 1.54) is 0 Å². The number of nitrogens with one attached hydrogen (secondary N) is 2. The maximum absolute atomic E-state index is 11.6. The number of ether oxygens (including phenoxy) is 1. The Labute approximate surface area is 130 Å². The number of alkyl carbamates (subject to hydrolysis) is 1. The molecule has 0 saturated carbocycles. The molecule has 0 aromatic carbocycles. The van der Waals surface area contributed by atoms with Crippen molar-refractivity contribution in [3.63, 3.8) is 0 Å². The molecule has 0 bridgehead atoms. The molecule has 1 amide bonds. The highest BCUT2D eigenvalue weighted by molar-refractivity contribution is 6.74. The molecule has 1 fully saturated rings. The number of hydrogen-bond acceptors (Lipinski definition) is 4. The van der Waals surface area contributed by atoms with Crippen LogP contribution in [0.3, 0.4) is 0 Å². The van der Waals surface area contributed by atoms with Gasteiger partial charge in [0.25, 0.3) is 0 Å². The van der Waals surface area contributed by atoms with Crippen molar-refractivity contribution in [2.24, 2.45) is 5.92 Å². The monoisotopic (exact) mass is 316 g/mol. The molecule has 0 unspecified atom stereocenters. The third kappa shape index (κ3) is 6.80. The molecule has 5 nitrogen and oxygen atoms in total. The van der Waals surface area contributed by atoms with Crippen LogP contribution in [0.15, 0.2) is 0 Å². The van der Waals surface area contributed by atoms with Crippen molar-refractivity contribution < 1.29 is 14.0 Å². The molecule has 1 rings (SSSR count). The lowest BCUT2D eigenvalue weighted by Gasteiger charge is -2.36. The van der Waals surface area contributed by atoms with Crippen LogP contribution in [0, 0.1) is 5.92 Å². The topological polar surface area (TPSA) is 59.6 Å². The molecule has 0 aromatic heterocycles. The van der Waals surface area contributed by atoms with Crippen LogP contribution in [0.2, 0.25) is 18.1 Å². The van der Waals surface area contributed by atoms with Gasteiger partial charge in [-0.05, 0) is 50.0 Å². The number of hydrogen-bond donors (Lipinski definition) is 2. The predicted molar refractivity (Wildman–Crippen MR) is 88.1 cm³/mol. The molecule has 1 aliphatic rings. The number of carbonyl (C=O) groups excluding carboxylic acids is 1. The average Bonchev–Trinajstić information content (AvgIpc) is 2.41. The average molecular weight is 317 g/mol. The highest BCUT2D eigenvalue weighted by atomic mass is 28.4. The highest BCUT2D eigenvalue weighted by Gasteiger charge is 2.36. The molecular weight excluding hydrogens is 284 g/mol. The molecule has 0 radical (unpaired) electrons. The van der Waals surface area contributed by atoms with E-state index in [0.29, 0.717) is 25.7 Å². The third-order valence-electron chi connectivity index (χ3n) is 4.58. The van der Waals surface area contributed by atoms with E-state index in [1.54, 1.807) is 0 Å². The van der Waals surface area contributed by atoms with Crippen molar-refractivity contribution in [3.05, 3.63) is 0 Å². The van der Waals surface area contributed by atoms with Gasteiger partial charge in [0.1, 0.15) is 6.61 Å². The summed E-state index contributed by atoms with van der Waals surface area (Å²) in [6.45, 7) is 14.6. The summed E-state index contributed by atoms with van der Waals surface area (Å²) in [4.78, 5) is 11.6. The summed E-state index contributed by atoms with van der Waals surface area (Å²) in [6.07, 6.45) is 1.91. The van der Waals surface area contributed by atoms with Gasteiger partial charge in [0.2, 0.25) is 0 Å². The minimum atomic E-state index is -1.74. The second-order valence-electron chi connectivity index (χ2n) is 7.32. The minimum absolute atomic E-state index is 0.185. The molecular formula is C15H32N2O3Si. The fourth-order valence-corrected chi connectivity index (χ4v) is 3.04. The first-order valence-electron chi connectivity index (χ1n) is 7.98. The molecule has 0 spiro atoms. The minimum Gasteiger partial charge on any atom is -0.447 e. The Morgan fingerprint density at radius 1 is 1.24 bits per heavy atom. The van der Waals surface area contributed by atoms with Gasteiger partial charge < -0.3 is 19.8 Å². The summed E-state index contributed by atoms with van der Waals surface area (Å²) in [7, 11) is -1.74. The van der Waals surface area contributed by atoms with E-state index < -0.39 is 8.32 Å². The lowest BCUT2D eigenvalue weighted by Crippen LogP contribution is -2.42. The lowest BCUT2D eigenvalue weighted by atomic mass is 9.98. The van der Waals surface area contributed by atoms with Gasteiger partial charge in [0.15, 0.2) is 8.32 Å². The summed E-state index contributed by atoms with van der Waals surface area (Å²) in [5.41, 5.74) is 0. The summed E-state index contributed by atoms with van der Waals surface area (Å²) in [5, 5.41) is 6.35. The van der Waals surface area contributed by atoms with Crippen LogP contribution in [0.5, 0.6) is 0 Å². The summed E-state index contributed by atoms with van der Waals surface area (Å²) >= 11 is 0. The van der Waals surface area contributed by atoms with Crippen molar-refractivity contribution in [2.75, 3.05) is 32.8 Å². The SMILES string of the molecule is CC(C)(C)[Si](C)(C)OCCOC(=O)NCC1CCNCC1. The van der Waals surface area contributed by atoms with Gasteiger partial charge in [-0.1, -0.05) is 20.8 Å². The summed E-state index contributed by atoms with van der Waals surface area (Å²) in [5.74, 6) is 0.572. The van der Waals surface area contributed by atoms with E-state index in [0.717, 1.165) is 25.9 Å². The van der Waals surface area contributed by atoms with Gasteiger partial charge in [-0.25, -0.2) is 4.79 Å². The van der Waals surface area contributed by atoms with Crippen LogP contribution in [0.4, 0.5) is 4.79 Å². The predicted octanol–water partition coefficient (Wildman–Crippen LogP) is 2.73. The van der Waals surface area contributed by atoms with E-state index in [1.807, 2.05) is 0 Å². The summed E-state index contributed by atoms with van der Waals surface area (Å²) in [6, 6.07) is 0. The number of rotatable bonds is 6. The zero-order valence-electron chi connectivity index (χ0n) is 14.3. The Morgan fingerprint density at radius 2 is 1.86 bits per heavy atom. The molecule has 1 aliphatic heterocycles. The van der Waals surface area contributed by atoms with E-state index in [4.69, 9.17) is 9.16 Å². The standard InChI is InChI=1S/C15H32N2O3Si/c1-15(2,3)21(4,5)20-11-10-19-14(18)17-12-13-6-8-16-9-7-13/h13,16H,6-12H2,1-5H3,(H,17,18). The fourth-order valence-electron chi connectivity index (χ4n) is 2.01. The molecule has 0 aromatic rings. The van der Waals surface area contributed by atoms with Gasteiger partial charge in [-0.3, -0.25) is 0 Å². The van der Waals surface area contributed by atoms with Crippen molar-refractivity contribution in [3.8, 4) is 0 Å². The molecule has 124 valence electrons. The van der Waals surface area contributed by atoms with Crippen molar-refractivity contribution in [1.82, 2.24) is 10.6 Å². The van der Waals surface area contributed by atoms with E-state index in [-0.39, 0.29) is 11.1 Å². The number of amides is 1. The Kier molecular flexibility index (Phi) is 7.16. The smallest absolute Gasteiger partial charge is 0.407 e. The second-order valence-corrected chi connectivity index (χ2v) is 12.1. The molecule has 6 heteroatoms. The van der Waals surface area contributed by atoms with Crippen molar-refractivity contribution >= 4 is 14.4 Å². The van der Waals surface area contributed by atoms with Gasteiger partial charge in [0.05, 0.1) is 6.61 Å². The Balaban J connectivity index is 2.10. The maximum Gasteiger partial charge on any atom is 0.407 e. The Hall–Kier alpha value is -0.593. The van der Waals surface area contributed by atoms with Gasteiger partial charge in [-0.15, -0.1) is 0 Å². The van der Waals surface area contributed by atoms with Crippen LogP contribution in [0.1, 0.15) is 33.6 Å². The largest absolute Gasteiger partial charge is 0.447 e. The van der Waals surface area contributed by atoms with E-state index in [2.05, 4.69) is 44.5 Å². The first-order valence-corrected chi connectivity index (χ1v) is 10.9. The molecule has 1 saturated heterocycles. The zero-order valence-corrected chi connectivity index (χ0v) is 15.3. The number of carbonyl (C=O) groups is 1. The second kappa shape index (κ2) is 8.15. The van der Waals surface area contributed by atoms with Crippen LogP contribution in [-0.2, 0) is 9.16 Å². The van der Waals surface area contributed by atoms with Crippen LogP contribution < -0.4 is 10.6 Å². The van der Waals surface area contributed by atoms with Crippen molar-refractivity contribution in [1.29, 1.82) is 0 Å². The van der Waals surface area contributed by atoms with Crippen LogP contribution >= 0.6 is 0 Å². The van der Waals surface area contributed by atoms with Crippen LogP contribution in [-0.4, -0.2) is 47.3 Å². The fraction of sp³-hybridized carbons (Fsp3) is 0.933. The molecule has 21 heavy (non-hydrogen) atoms. The van der Waals surface area contributed by atoms with E-state index in [9.17, 15) is 4.79 Å². The first-order chi connectivity index (χ1) is 9.72. The van der Waals surface area contributed by atoms with Crippen molar-refractivity contribution in [2.45, 2.75) is 51.7 Å². The zero-order chi connectivity index (χ0) is 15.9. The normalized spacial score (nSPS) is 17.6. The molecule has 2 N–H and O–H groups in total. The van der Waals surface area contributed by atoms with Gasteiger partial charge in [-0.2, -0.15) is 0 Å². The van der Waals surface area contributed by atoms with E-state index >= 15 is 0 Å². The number of piperidine rings is 1. The van der Waals surface area contributed by atoms with Gasteiger partial charge >= 0.3 is 6.09 Å². The highest BCUT2D eigenvalue weighted by Crippen LogP contribution is 2.36. The maximum atomic E-state index is 11.6. The third-order valence-corrected chi connectivity index (χ3v) is 9.12. The molecule has 1 heterocycles. The summed E-state index contributed by atoms with van der Waals surface area (Å²) < 4.78 is 11.1. The molecule has 0 aliphatic carbocycles. The first kappa shape index (κ1) is 18.5. The van der Waals surface area contributed by atoms with Crippen LogP contribution in [0.25, 0.3) is 0 Å². The Bertz CT molecular complexity index is 323. The van der Waals surface area contributed by atoms with Gasteiger partial charge in [0, 0.05) is 6.54 Å². The molecule has 0 atom stereocenters. The quantitative estimate of drug-likeness (QED) is 0.584. The Morgan fingerprint density at radius 3 is 2.43 bits per heavy atom. The lowest BCUT2D eigenvalue weighted by molar-refractivity contribution is 0.119.